The largest absolute Gasteiger partial charge is 0.459 e. The van der Waals surface area contributed by atoms with Crippen LogP contribution >= 0.6 is 0 Å². The highest BCUT2D eigenvalue weighted by atomic mass is 16.3. The first-order valence-electron chi connectivity index (χ1n) is 9.67. The highest BCUT2D eigenvalue weighted by molar-refractivity contribution is 5.95. The average Bonchev–Trinajstić information content (AvgIpc) is 3.28. The second-order valence-corrected chi connectivity index (χ2v) is 7.66. The molecule has 5 nitrogen and oxygen atoms in total. The fourth-order valence-electron chi connectivity index (χ4n) is 3.12. The Labute approximate surface area is 171 Å². The molecule has 1 atom stereocenters. The van der Waals surface area contributed by atoms with Gasteiger partial charge in [0.1, 0.15) is 6.04 Å². The Bertz CT molecular complexity index is 919. The molecule has 0 spiro atoms. The summed E-state index contributed by atoms with van der Waals surface area (Å²) in [5.41, 5.74) is 1.87. The summed E-state index contributed by atoms with van der Waals surface area (Å²) >= 11 is 0. The number of hydrogen-bond acceptors (Lipinski definition) is 3. The summed E-state index contributed by atoms with van der Waals surface area (Å²) in [6, 6.07) is 22.2. The van der Waals surface area contributed by atoms with E-state index < -0.39 is 11.9 Å². The molecule has 150 valence electrons. The molecule has 29 heavy (non-hydrogen) atoms. The molecule has 2 amide bonds. The lowest BCUT2D eigenvalue weighted by molar-refractivity contribution is -0.123. The van der Waals surface area contributed by atoms with Crippen LogP contribution in [0.1, 0.15) is 35.5 Å². The number of nitrogens with one attached hydrogen (secondary N) is 2. The fraction of sp³-hybridized carbons (Fsp3) is 0.250. The Kier molecular flexibility index (Phi) is 6.50. The molecule has 5 heteroatoms. The van der Waals surface area contributed by atoms with Gasteiger partial charge in [-0.2, -0.15) is 0 Å². The molecule has 0 bridgehead atoms. The molecule has 0 aliphatic heterocycles. The molecular weight excluding hydrogens is 364 g/mol. The van der Waals surface area contributed by atoms with E-state index >= 15 is 0 Å². The molecule has 0 saturated heterocycles. The van der Waals surface area contributed by atoms with Gasteiger partial charge in [0.2, 0.25) is 5.91 Å². The van der Waals surface area contributed by atoms with Gasteiger partial charge in [0, 0.05) is 18.4 Å². The lowest BCUT2D eigenvalue weighted by Gasteiger charge is -2.27. The van der Waals surface area contributed by atoms with E-state index in [1.54, 1.807) is 12.1 Å². The summed E-state index contributed by atoms with van der Waals surface area (Å²) in [6.07, 6.45) is 1.83. The van der Waals surface area contributed by atoms with Crippen molar-refractivity contribution in [1.82, 2.24) is 10.6 Å². The van der Waals surface area contributed by atoms with Crippen LogP contribution < -0.4 is 10.6 Å². The molecular formula is C24H26N2O3. The normalized spacial score (nSPS) is 12.2. The topological polar surface area (TPSA) is 71.3 Å². The van der Waals surface area contributed by atoms with E-state index in [1.165, 1.54) is 6.26 Å². The van der Waals surface area contributed by atoms with Gasteiger partial charge in [0.15, 0.2) is 5.76 Å². The van der Waals surface area contributed by atoms with Crippen molar-refractivity contribution in [2.75, 3.05) is 6.54 Å². The number of carbonyl (C=O) groups is 2. The molecule has 3 rings (SSSR count). The molecule has 0 fully saturated rings. The maximum atomic E-state index is 13.0. The van der Waals surface area contributed by atoms with Crippen LogP contribution in [-0.2, 0) is 16.6 Å². The van der Waals surface area contributed by atoms with E-state index in [9.17, 15) is 9.59 Å². The molecule has 0 radical (unpaired) electrons. The molecule has 0 aliphatic carbocycles. The third-order valence-electron chi connectivity index (χ3n) is 4.91. The molecule has 0 saturated carbocycles. The maximum absolute atomic E-state index is 13.0. The Morgan fingerprint density at radius 3 is 2.21 bits per heavy atom. The fourth-order valence-corrected chi connectivity index (χ4v) is 3.12. The minimum atomic E-state index is -0.707. The predicted octanol–water partition coefficient (Wildman–Crippen LogP) is 3.71. The Balaban J connectivity index is 1.70. The number of rotatable bonds is 8. The van der Waals surface area contributed by atoms with Crippen LogP contribution in [0.15, 0.2) is 83.5 Å². The first kappa shape index (κ1) is 20.4. The van der Waals surface area contributed by atoms with Crippen molar-refractivity contribution >= 4 is 11.8 Å². The maximum Gasteiger partial charge on any atom is 0.287 e. The monoisotopic (exact) mass is 390 g/mol. The van der Waals surface area contributed by atoms with Gasteiger partial charge in [-0.1, -0.05) is 74.5 Å². The number of hydrogen-bond donors (Lipinski definition) is 2. The number of furan rings is 1. The van der Waals surface area contributed by atoms with Crippen molar-refractivity contribution in [3.63, 3.8) is 0 Å². The van der Waals surface area contributed by atoms with Crippen LogP contribution in [0.5, 0.6) is 0 Å². The minimum absolute atomic E-state index is 0.181. The third-order valence-corrected chi connectivity index (χ3v) is 4.91. The molecule has 1 aromatic heterocycles. The molecule has 3 aromatic rings. The van der Waals surface area contributed by atoms with Gasteiger partial charge in [-0.05, 0) is 23.3 Å². The molecule has 0 aliphatic rings. The SMILES string of the molecule is CC(C)(CNC(=O)C(Cc1ccccc1)NC(=O)c1ccco1)c1ccccc1. The smallest absolute Gasteiger partial charge is 0.287 e. The summed E-state index contributed by atoms with van der Waals surface area (Å²) < 4.78 is 5.15. The summed E-state index contributed by atoms with van der Waals surface area (Å²) in [4.78, 5) is 25.4. The van der Waals surface area contributed by atoms with E-state index in [-0.39, 0.29) is 17.1 Å². The van der Waals surface area contributed by atoms with Crippen molar-refractivity contribution in [3.8, 4) is 0 Å². The van der Waals surface area contributed by atoms with Gasteiger partial charge >= 0.3 is 0 Å². The number of benzene rings is 2. The lowest BCUT2D eigenvalue weighted by Crippen LogP contribution is -2.50. The average molecular weight is 390 g/mol. The zero-order chi connectivity index (χ0) is 20.7. The van der Waals surface area contributed by atoms with Crippen LogP contribution in [0.25, 0.3) is 0 Å². The van der Waals surface area contributed by atoms with Crippen molar-refractivity contribution in [3.05, 3.63) is 95.9 Å². The number of carbonyl (C=O) groups excluding carboxylic acids is 2. The number of amides is 2. The van der Waals surface area contributed by atoms with E-state index in [1.807, 2.05) is 60.7 Å². The minimum Gasteiger partial charge on any atom is -0.459 e. The predicted molar refractivity (Wildman–Crippen MR) is 113 cm³/mol. The van der Waals surface area contributed by atoms with Crippen LogP contribution in [0.3, 0.4) is 0 Å². The first-order chi connectivity index (χ1) is 14.0. The van der Waals surface area contributed by atoms with Crippen molar-refractivity contribution in [2.24, 2.45) is 0 Å². The van der Waals surface area contributed by atoms with Crippen LogP contribution in [0, 0.1) is 0 Å². The van der Waals surface area contributed by atoms with Gasteiger partial charge in [-0.15, -0.1) is 0 Å². The van der Waals surface area contributed by atoms with E-state index in [0.717, 1.165) is 11.1 Å². The summed E-state index contributed by atoms with van der Waals surface area (Å²) in [5.74, 6) is -0.452. The van der Waals surface area contributed by atoms with Crippen LogP contribution in [0.4, 0.5) is 0 Å². The van der Waals surface area contributed by atoms with Gasteiger partial charge < -0.3 is 15.1 Å². The summed E-state index contributed by atoms with van der Waals surface area (Å²) in [7, 11) is 0. The van der Waals surface area contributed by atoms with Gasteiger partial charge in [0.25, 0.3) is 5.91 Å². The standard InChI is InChI=1S/C24H26N2O3/c1-24(2,19-12-7-4-8-13-19)17-25-22(27)20(16-18-10-5-3-6-11-18)26-23(28)21-14-9-15-29-21/h3-15,20H,16-17H2,1-2H3,(H,25,27)(H,26,28). The van der Waals surface area contributed by atoms with Gasteiger partial charge in [-0.25, -0.2) is 0 Å². The molecule has 1 heterocycles. The van der Waals surface area contributed by atoms with Crippen molar-refractivity contribution in [1.29, 1.82) is 0 Å². The second kappa shape index (κ2) is 9.24. The summed E-state index contributed by atoms with van der Waals surface area (Å²) in [6.45, 7) is 4.62. The molecule has 2 N–H and O–H groups in total. The Morgan fingerprint density at radius 2 is 1.59 bits per heavy atom. The lowest BCUT2D eigenvalue weighted by atomic mass is 9.84. The Morgan fingerprint density at radius 1 is 0.931 bits per heavy atom. The zero-order valence-corrected chi connectivity index (χ0v) is 16.7. The van der Waals surface area contributed by atoms with E-state index in [4.69, 9.17) is 4.42 Å². The highest BCUT2D eigenvalue weighted by Gasteiger charge is 2.26. The molecule has 2 aromatic carbocycles. The van der Waals surface area contributed by atoms with Crippen LogP contribution in [-0.4, -0.2) is 24.4 Å². The van der Waals surface area contributed by atoms with E-state index in [2.05, 4.69) is 24.5 Å². The highest BCUT2D eigenvalue weighted by Crippen LogP contribution is 2.21. The third kappa shape index (κ3) is 5.57. The molecule has 1 unspecified atom stereocenters. The van der Waals surface area contributed by atoms with Gasteiger partial charge in [0.05, 0.1) is 6.26 Å². The Hall–Kier alpha value is -3.34. The zero-order valence-electron chi connectivity index (χ0n) is 16.7. The first-order valence-corrected chi connectivity index (χ1v) is 9.67. The van der Waals surface area contributed by atoms with Crippen molar-refractivity contribution in [2.45, 2.75) is 31.7 Å². The van der Waals surface area contributed by atoms with Crippen LogP contribution in [0.2, 0.25) is 0 Å². The quantitative estimate of drug-likeness (QED) is 0.616. The second-order valence-electron chi connectivity index (χ2n) is 7.66. The van der Waals surface area contributed by atoms with Crippen molar-refractivity contribution < 1.29 is 14.0 Å². The van der Waals surface area contributed by atoms with Gasteiger partial charge in [-0.3, -0.25) is 9.59 Å². The summed E-state index contributed by atoms with van der Waals surface area (Å²) in [5, 5.41) is 5.81. The van der Waals surface area contributed by atoms with E-state index in [0.29, 0.717) is 13.0 Å².